The Kier molecular flexibility index (Phi) is 6.16. The van der Waals surface area contributed by atoms with Crippen LogP contribution in [0.15, 0.2) is 50.8 Å². The van der Waals surface area contributed by atoms with Crippen molar-refractivity contribution in [2.24, 2.45) is 15.4 Å². The van der Waals surface area contributed by atoms with Crippen LogP contribution in [0.4, 0.5) is 5.69 Å². The van der Waals surface area contributed by atoms with E-state index in [9.17, 15) is 18.3 Å². The van der Waals surface area contributed by atoms with E-state index in [0.29, 0.717) is 0 Å². The Hall–Kier alpha value is -2.30. The van der Waals surface area contributed by atoms with Crippen LogP contribution in [0.25, 0.3) is 0 Å². The molecule has 0 aliphatic heterocycles. The average molecular weight is 329 g/mol. The van der Waals surface area contributed by atoms with E-state index in [2.05, 4.69) is 19.7 Å². The van der Waals surface area contributed by atoms with Crippen molar-refractivity contribution in [2.45, 2.75) is 4.90 Å². The number of carbonyl (C=O) groups excluding carboxylic acids is 1. The van der Waals surface area contributed by atoms with Gasteiger partial charge in [-0.3, -0.25) is 0 Å². The Balaban J connectivity index is 3.06. The van der Waals surface area contributed by atoms with Crippen molar-refractivity contribution in [1.29, 1.82) is 0 Å². The Labute approximate surface area is 127 Å². The molecule has 22 heavy (non-hydrogen) atoms. The standard InChI is InChI=1S/C12H15N3O6S/c1-20-7-10(16)11(12(17)21-2)15-14-8-3-5-9(6-4-8)22(13,18)19/h3-6,16H,7H2,1-2H3,(H2,13,18,19)/b11-10-,15-14?. The second-order valence-corrected chi connectivity index (χ2v) is 5.52. The maximum absolute atomic E-state index is 11.5. The molecule has 0 spiro atoms. The first-order chi connectivity index (χ1) is 10.3. The molecular formula is C12H15N3O6S. The van der Waals surface area contributed by atoms with Gasteiger partial charge in [0, 0.05) is 7.11 Å². The van der Waals surface area contributed by atoms with Gasteiger partial charge in [-0.25, -0.2) is 18.4 Å². The molecule has 0 bridgehead atoms. The monoisotopic (exact) mass is 329 g/mol. The summed E-state index contributed by atoms with van der Waals surface area (Å²) < 4.78 is 31.4. The third-order valence-corrected chi connectivity index (χ3v) is 3.29. The van der Waals surface area contributed by atoms with Gasteiger partial charge in [0.2, 0.25) is 15.7 Å². The highest BCUT2D eigenvalue weighted by Gasteiger charge is 2.16. The Bertz CT molecular complexity index is 694. The van der Waals surface area contributed by atoms with Gasteiger partial charge in [0.05, 0.1) is 17.7 Å². The zero-order valence-corrected chi connectivity index (χ0v) is 12.7. The number of aliphatic hydroxyl groups excluding tert-OH is 1. The lowest BCUT2D eigenvalue weighted by atomic mass is 10.3. The molecule has 0 heterocycles. The summed E-state index contributed by atoms with van der Waals surface area (Å²) in [7, 11) is -1.35. The number of ether oxygens (including phenoxy) is 2. The molecule has 0 atom stereocenters. The molecule has 0 fully saturated rings. The second kappa shape index (κ2) is 7.64. The summed E-state index contributed by atoms with van der Waals surface area (Å²) in [5.74, 6) is -1.33. The van der Waals surface area contributed by atoms with Crippen LogP contribution in [0.5, 0.6) is 0 Å². The third kappa shape index (κ3) is 4.91. The summed E-state index contributed by atoms with van der Waals surface area (Å²) in [4.78, 5) is 11.4. The molecule has 1 rings (SSSR count). The highest BCUT2D eigenvalue weighted by molar-refractivity contribution is 7.89. The molecule has 1 aromatic carbocycles. The van der Waals surface area contributed by atoms with Gasteiger partial charge in [0.1, 0.15) is 6.61 Å². The minimum atomic E-state index is -3.80. The third-order valence-electron chi connectivity index (χ3n) is 2.36. The number of primary sulfonamides is 1. The number of esters is 1. The molecular weight excluding hydrogens is 314 g/mol. The van der Waals surface area contributed by atoms with Gasteiger partial charge < -0.3 is 14.6 Å². The van der Waals surface area contributed by atoms with Crippen LogP contribution in [-0.2, 0) is 24.3 Å². The first kappa shape index (κ1) is 17.8. The van der Waals surface area contributed by atoms with E-state index in [1.165, 1.54) is 31.4 Å². The van der Waals surface area contributed by atoms with Crippen LogP contribution in [0, 0.1) is 0 Å². The van der Waals surface area contributed by atoms with Crippen molar-refractivity contribution in [3.05, 3.63) is 35.7 Å². The van der Waals surface area contributed by atoms with Crippen LogP contribution >= 0.6 is 0 Å². The van der Waals surface area contributed by atoms with E-state index in [4.69, 9.17) is 5.14 Å². The van der Waals surface area contributed by atoms with Gasteiger partial charge in [-0.15, -0.1) is 5.11 Å². The molecule has 9 nitrogen and oxygen atoms in total. The predicted octanol–water partition coefficient (Wildman–Crippen LogP) is 1.01. The molecule has 3 N–H and O–H groups in total. The van der Waals surface area contributed by atoms with Crippen LogP contribution in [0.1, 0.15) is 0 Å². The number of nitrogens with zero attached hydrogens (tertiary/aromatic N) is 2. The van der Waals surface area contributed by atoms with Crippen LogP contribution < -0.4 is 5.14 Å². The lowest BCUT2D eigenvalue weighted by Gasteiger charge is -2.03. The highest BCUT2D eigenvalue weighted by atomic mass is 32.2. The quantitative estimate of drug-likeness (QED) is 0.345. The lowest BCUT2D eigenvalue weighted by Crippen LogP contribution is -2.11. The fourth-order valence-electron chi connectivity index (χ4n) is 1.33. The molecule has 0 aromatic heterocycles. The second-order valence-electron chi connectivity index (χ2n) is 3.96. The van der Waals surface area contributed by atoms with Gasteiger partial charge in [-0.1, -0.05) is 0 Å². The summed E-state index contributed by atoms with van der Waals surface area (Å²) in [6.45, 7) is -0.242. The molecule has 0 unspecified atom stereocenters. The molecule has 0 radical (unpaired) electrons. The van der Waals surface area contributed by atoms with E-state index in [0.717, 1.165) is 7.11 Å². The summed E-state index contributed by atoms with van der Waals surface area (Å²) in [5.41, 5.74) is -0.168. The molecule has 0 saturated carbocycles. The summed E-state index contributed by atoms with van der Waals surface area (Å²) >= 11 is 0. The predicted molar refractivity (Wildman–Crippen MR) is 75.9 cm³/mol. The van der Waals surface area contributed by atoms with Gasteiger partial charge in [0.25, 0.3) is 0 Å². The summed E-state index contributed by atoms with van der Waals surface area (Å²) in [6.07, 6.45) is 0. The number of azo groups is 1. The number of benzene rings is 1. The lowest BCUT2D eigenvalue weighted by molar-refractivity contribution is -0.136. The van der Waals surface area contributed by atoms with Crippen LogP contribution in [0.2, 0.25) is 0 Å². The van der Waals surface area contributed by atoms with Crippen molar-refractivity contribution in [1.82, 2.24) is 0 Å². The van der Waals surface area contributed by atoms with Crippen molar-refractivity contribution >= 4 is 21.7 Å². The number of sulfonamides is 1. The molecule has 1 aromatic rings. The minimum Gasteiger partial charge on any atom is -0.507 e. The Morgan fingerprint density at radius 1 is 1.27 bits per heavy atom. The van der Waals surface area contributed by atoms with Crippen molar-refractivity contribution in [2.75, 3.05) is 20.8 Å². The fraction of sp³-hybridized carbons (Fsp3) is 0.250. The largest absolute Gasteiger partial charge is 0.507 e. The molecule has 0 amide bonds. The van der Waals surface area contributed by atoms with Gasteiger partial charge in [-0.05, 0) is 24.3 Å². The number of nitrogens with two attached hydrogens (primary N) is 1. The zero-order valence-electron chi connectivity index (χ0n) is 11.9. The zero-order chi connectivity index (χ0) is 16.8. The smallest absolute Gasteiger partial charge is 0.362 e. The van der Waals surface area contributed by atoms with Crippen molar-refractivity contribution in [3.8, 4) is 0 Å². The molecule has 10 heteroatoms. The Morgan fingerprint density at radius 3 is 2.32 bits per heavy atom. The van der Waals surface area contributed by atoms with E-state index in [1.54, 1.807) is 0 Å². The maximum Gasteiger partial charge on any atom is 0.362 e. The normalized spacial score (nSPS) is 13.0. The molecule has 0 saturated heterocycles. The van der Waals surface area contributed by atoms with Crippen molar-refractivity contribution < 1.29 is 27.8 Å². The number of methoxy groups -OCH3 is 2. The number of rotatable bonds is 6. The van der Waals surface area contributed by atoms with Gasteiger partial charge in [0.15, 0.2) is 5.76 Å². The average Bonchev–Trinajstić information content (AvgIpc) is 2.47. The Morgan fingerprint density at radius 2 is 1.86 bits per heavy atom. The number of hydrogen-bond acceptors (Lipinski definition) is 8. The summed E-state index contributed by atoms with van der Waals surface area (Å²) in [6, 6.07) is 5.15. The van der Waals surface area contributed by atoms with E-state index in [-0.39, 0.29) is 17.2 Å². The molecule has 0 aliphatic rings. The van der Waals surface area contributed by atoms with E-state index < -0.39 is 27.4 Å². The first-order valence-corrected chi connectivity index (χ1v) is 7.38. The maximum atomic E-state index is 11.5. The number of carbonyl (C=O) groups is 1. The topological polar surface area (TPSA) is 141 Å². The van der Waals surface area contributed by atoms with Crippen molar-refractivity contribution in [3.63, 3.8) is 0 Å². The number of aliphatic hydroxyl groups is 1. The molecule has 0 aliphatic carbocycles. The van der Waals surface area contributed by atoms with Crippen LogP contribution in [0.3, 0.4) is 0 Å². The van der Waals surface area contributed by atoms with Gasteiger partial charge in [-0.2, -0.15) is 5.11 Å². The first-order valence-electron chi connectivity index (χ1n) is 5.83. The fourth-order valence-corrected chi connectivity index (χ4v) is 1.84. The highest BCUT2D eigenvalue weighted by Crippen LogP contribution is 2.18. The minimum absolute atomic E-state index is 0.0857. The van der Waals surface area contributed by atoms with E-state index in [1.807, 2.05) is 0 Å². The van der Waals surface area contributed by atoms with E-state index >= 15 is 0 Å². The molecule has 120 valence electrons. The van der Waals surface area contributed by atoms with Gasteiger partial charge >= 0.3 is 5.97 Å². The SMILES string of the molecule is COC/C(O)=C(/N=Nc1ccc(S(N)(=O)=O)cc1)C(=O)OC. The van der Waals surface area contributed by atoms with Crippen LogP contribution in [-0.4, -0.2) is 40.3 Å². The number of hydrogen-bond donors (Lipinski definition) is 2. The summed E-state index contributed by atoms with van der Waals surface area (Å²) in [5, 5.41) is 21.9.